The first-order chi connectivity index (χ1) is 11.5. The van der Waals surface area contributed by atoms with Crippen LogP contribution in [0.4, 0.5) is 23.2 Å². The Balaban J connectivity index is 2.27. The Bertz CT molecular complexity index is 863. The molecule has 0 heterocycles. The zero-order valence-electron chi connectivity index (χ0n) is 12.4. The van der Waals surface area contributed by atoms with Gasteiger partial charge in [-0.15, -0.1) is 0 Å². The van der Waals surface area contributed by atoms with E-state index < -0.39 is 38.0 Å². The van der Waals surface area contributed by atoms with E-state index in [1.807, 2.05) is 0 Å². The number of primary amides is 1. The standard InChI is InChI=1S/C15H12F4N2O3S/c16-10-3-1-9(2-4-10)13(14(20)22)21-11-5-7-12(8-6-11)25(23,24)15(17,18)19/h1-8,13,21H,(H2,20,22). The number of nitrogens with two attached hydrogens (primary N) is 1. The molecular formula is C15H12F4N2O3S. The van der Waals surface area contributed by atoms with Crippen molar-refractivity contribution in [2.45, 2.75) is 16.4 Å². The zero-order chi connectivity index (χ0) is 18.8. The number of hydrogen-bond donors (Lipinski definition) is 2. The van der Waals surface area contributed by atoms with Gasteiger partial charge in [-0.2, -0.15) is 13.2 Å². The molecule has 25 heavy (non-hydrogen) atoms. The molecule has 1 atom stereocenters. The molecule has 0 spiro atoms. The second-order valence-corrected chi connectivity index (χ2v) is 6.95. The van der Waals surface area contributed by atoms with Gasteiger partial charge >= 0.3 is 5.51 Å². The fourth-order valence-electron chi connectivity index (χ4n) is 2.00. The molecule has 0 bridgehead atoms. The van der Waals surface area contributed by atoms with Crippen molar-refractivity contribution in [2.24, 2.45) is 5.73 Å². The van der Waals surface area contributed by atoms with E-state index in [2.05, 4.69) is 5.32 Å². The highest BCUT2D eigenvalue weighted by atomic mass is 32.2. The molecule has 2 aromatic rings. The summed E-state index contributed by atoms with van der Waals surface area (Å²) in [7, 11) is -5.46. The first kappa shape index (κ1) is 18.7. The summed E-state index contributed by atoms with van der Waals surface area (Å²) in [5.41, 5.74) is 0.356. The Kier molecular flexibility index (Phi) is 5.02. The van der Waals surface area contributed by atoms with Crippen LogP contribution >= 0.6 is 0 Å². The van der Waals surface area contributed by atoms with Crippen LogP contribution in [-0.4, -0.2) is 19.8 Å². The zero-order valence-corrected chi connectivity index (χ0v) is 13.2. The topological polar surface area (TPSA) is 89.3 Å². The first-order valence-electron chi connectivity index (χ1n) is 6.75. The van der Waals surface area contributed by atoms with Crippen molar-refractivity contribution >= 4 is 21.4 Å². The number of carbonyl (C=O) groups is 1. The molecule has 0 aliphatic carbocycles. The smallest absolute Gasteiger partial charge is 0.370 e. The number of carbonyl (C=O) groups excluding carboxylic acids is 1. The van der Waals surface area contributed by atoms with Gasteiger partial charge in [0, 0.05) is 5.69 Å². The highest BCUT2D eigenvalue weighted by Crippen LogP contribution is 2.31. The number of anilines is 1. The van der Waals surface area contributed by atoms with Gasteiger partial charge < -0.3 is 11.1 Å². The third-order valence-electron chi connectivity index (χ3n) is 3.27. The average molecular weight is 376 g/mol. The predicted molar refractivity (Wildman–Crippen MR) is 81.6 cm³/mol. The number of hydrogen-bond acceptors (Lipinski definition) is 4. The molecule has 2 aromatic carbocycles. The molecule has 0 radical (unpaired) electrons. The third-order valence-corrected chi connectivity index (χ3v) is 4.77. The van der Waals surface area contributed by atoms with E-state index >= 15 is 0 Å². The van der Waals surface area contributed by atoms with Gasteiger partial charge in [0.05, 0.1) is 4.90 Å². The van der Waals surface area contributed by atoms with E-state index in [-0.39, 0.29) is 5.69 Å². The largest absolute Gasteiger partial charge is 0.501 e. The van der Waals surface area contributed by atoms with Gasteiger partial charge in [0.15, 0.2) is 0 Å². The molecule has 0 aliphatic heterocycles. The van der Waals surface area contributed by atoms with Crippen LogP contribution in [0.5, 0.6) is 0 Å². The van der Waals surface area contributed by atoms with E-state index in [4.69, 9.17) is 5.73 Å². The van der Waals surface area contributed by atoms with Crippen LogP contribution in [0.25, 0.3) is 0 Å². The fraction of sp³-hybridized carbons (Fsp3) is 0.133. The van der Waals surface area contributed by atoms with Gasteiger partial charge in [0.1, 0.15) is 11.9 Å². The Morgan fingerprint density at radius 3 is 1.96 bits per heavy atom. The number of sulfone groups is 1. The number of amides is 1. The molecule has 1 amide bonds. The van der Waals surface area contributed by atoms with Crippen molar-refractivity contribution in [3.63, 3.8) is 0 Å². The minimum atomic E-state index is -5.46. The Morgan fingerprint density at radius 1 is 1.00 bits per heavy atom. The summed E-state index contributed by atoms with van der Waals surface area (Å²) in [4.78, 5) is 10.6. The van der Waals surface area contributed by atoms with Crippen LogP contribution in [-0.2, 0) is 14.6 Å². The molecule has 0 saturated heterocycles. The Morgan fingerprint density at radius 2 is 1.52 bits per heavy atom. The highest BCUT2D eigenvalue weighted by Gasteiger charge is 2.46. The van der Waals surface area contributed by atoms with Crippen LogP contribution in [0.15, 0.2) is 53.4 Å². The molecule has 1 unspecified atom stereocenters. The minimum Gasteiger partial charge on any atom is -0.370 e. The molecule has 134 valence electrons. The summed E-state index contributed by atoms with van der Waals surface area (Å²) in [6, 6.07) is 7.45. The molecule has 10 heteroatoms. The Hall–Kier alpha value is -2.62. The lowest BCUT2D eigenvalue weighted by Crippen LogP contribution is -2.27. The van der Waals surface area contributed by atoms with E-state index in [0.29, 0.717) is 5.56 Å². The van der Waals surface area contributed by atoms with Crippen molar-refractivity contribution in [1.82, 2.24) is 0 Å². The lowest BCUT2D eigenvalue weighted by molar-refractivity contribution is -0.118. The summed E-state index contributed by atoms with van der Waals surface area (Å²) in [6.45, 7) is 0. The fourth-order valence-corrected chi connectivity index (χ4v) is 2.77. The Labute approximate surface area is 140 Å². The molecule has 2 rings (SSSR count). The van der Waals surface area contributed by atoms with E-state index in [1.165, 1.54) is 12.1 Å². The molecule has 3 N–H and O–H groups in total. The number of halogens is 4. The number of rotatable bonds is 5. The molecule has 0 saturated carbocycles. The number of alkyl halides is 3. The second kappa shape index (κ2) is 6.71. The lowest BCUT2D eigenvalue weighted by atomic mass is 10.1. The maximum Gasteiger partial charge on any atom is 0.501 e. The minimum absolute atomic E-state index is 0.161. The monoisotopic (exact) mass is 376 g/mol. The first-order valence-corrected chi connectivity index (χ1v) is 8.23. The molecule has 5 nitrogen and oxygen atoms in total. The van der Waals surface area contributed by atoms with Crippen molar-refractivity contribution in [3.8, 4) is 0 Å². The number of nitrogens with one attached hydrogen (secondary N) is 1. The van der Waals surface area contributed by atoms with Crippen LogP contribution in [0.2, 0.25) is 0 Å². The van der Waals surface area contributed by atoms with Crippen LogP contribution in [0.1, 0.15) is 11.6 Å². The lowest BCUT2D eigenvalue weighted by Gasteiger charge is -2.17. The quantitative estimate of drug-likeness (QED) is 0.786. The summed E-state index contributed by atoms with van der Waals surface area (Å²) in [5.74, 6) is -1.33. The normalized spacial score (nSPS) is 13.3. The highest BCUT2D eigenvalue weighted by molar-refractivity contribution is 7.92. The van der Waals surface area contributed by atoms with Crippen molar-refractivity contribution < 1.29 is 30.8 Å². The van der Waals surface area contributed by atoms with Crippen molar-refractivity contribution in [1.29, 1.82) is 0 Å². The maximum atomic E-state index is 12.9. The van der Waals surface area contributed by atoms with Crippen molar-refractivity contribution in [3.05, 3.63) is 59.9 Å². The molecular weight excluding hydrogens is 364 g/mol. The summed E-state index contributed by atoms with van der Waals surface area (Å²) < 4.78 is 73.0. The average Bonchev–Trinajstić information content (AvgIpc) is 2.53. The summed E-state index contributed by atoms with van der Waals surface area (Å²) in [6.07, 6.45) is 0. The van der Waals surface area contributed by atoms with E-state index in [1.54, 1.807) is 0 Å². The van der Waals surface area contributed by atoms with Crippen molar-refractivity contribution in [2.75, 3.05) is 5.32 Å². The molecule has 0 fully saturated rings. The van der Waals surface area contributed by atoms with Gasteiger partial charge in [-0.05, 0) is 42.0 Å². The van der Waals surface area contributed by atoms with Gasteiger partial charge in [-0.3, -0.25) is 4.79 Å². The number of benzene rings is 2. The molecule has 0 aliphatic rings. The predicted octanol–water partition coefficient (Wildman–Crippen LogP) is 2.76. The van der Waals surface area contributed by atoms with Gasteiger partial charge in [0.2, 0.25) is 5.91 Å². The van der Waals surface area contributed by atoms with E-state index in [0.717, 1.165) is 36.4 Å². The summed E-state index contributed by atoms with van der Waals surface area (Å²) >= 11 is 0. The van der Waals surface area contributed by atoms with Gasteiger partial charge in [0.25, 0.3) is 9.84 Å². The van der Waals surface area contributed by atoms with Crippen LogP contribution < -0.4 is 11.1 Å². The van der Waals surface area contributed by atoms with Crippen LogP contribution in [0, 0.1) is 5.82 Å². The summed E-state index contributed by atoms with van der Waals surface area (Å²) in [5, 5.41) is 2.66. The molecule has 0 aromatic heterocycles. The van der Waals surface area contributed by atoms with Gasteiger partial charge in [-0.1, -0.05) is 12.1 Å². The van der Waals surface area contributed by atoms with E-state index in [9.17, 15) is 30.8 Å². The van der Waals surface area contributed by atoms with Crippen LogP contribution in [0.3, 0.4) is 0 Å². The third kappa shape index (κ3) is 4.08. The van der Waals surface area contributed by atoms with Gasteiger partial charge in [-0.25, -0.2) is 12.8 Å². The maximum absolute atomic E-state index is 12.9. The SMILES string of the molecule is NC(=O)C(Nc1ccc(S(=O)(=O)C(F)(F)F)cc1)c1ccc(F)cc1. The second-order valence-electron chi connectivity index (χ2n) is 5.00.